The zero-order valence-corrected chi connectivity index (χ0v) is 10.1. The molecular formula is C10H17ClN4O. The number of aromatic nitrogens is 2. The Morgan fingerprint density at radius 3 is 3.06 bits per heavy atom. The van der Waals surface area contributed by atoms with E-state index in [0.29, 0.717) is 5.69 Å². The number of rotatable bonds is 2. The highest BCUT2D eigenvalue weighted by atomic mass is 35.5. The summed E-state index contributed by atoms with van der Waals surface area (Å²) in [4.78, 5) is 15.7. The van der Waals surface area contributed by atoms with E-state index in [2.05, 4.69) is 15.6 Å². The first-order valence-corrected chi connectivity index (χ1v) is 5.25. The van der Waals surface area contributed by atoms with Gasteiger partial charge >= 0.3 is 0 Å². The minimum absolute atomic E-state index is 0. The summed E-state index contributed by atoms with van der Waals surface area (Å²) in [5, 5.41) is 6.23. The van der Waals surface area contributed by atoms with Crippen LogP contribution in [0.1, 0.15) is 23.3 Å². The topological polar surface area (TPSA) is 59.0 Å². The average molecular weight is 245 g/mol. The molecule has 0 bridgehead atoms. The van der Waals surface area contributed by atoms with Crippen molar-refractivity contribution in [1.29, 1.82) is 0 Å². The molecule has 1 fully saturated rings. The zero-order chi connectivity index (χ0) is 10.7. The molecule has 5 nitrogen and oxygen atoms in total. The number of nitrogens with zero attached hydrogens (tertiary/aromatic N) is 2. The van der Waals surface area contributed by atoms with Gasteiger partial charge in [-0.25, -0.2) is 4.98 Å². The number of imidazole rings is 1. The summed E-state index contributed by atoms with van der Waals surface area (Å²) in [5.41, 5.74) is 0.489. The van der Waals surface area contributed by atoms with E-state index in [0.717, 1.165) is 25.9 Å². The van der Waals surface area contributed by atoms with Crippen LogP contribution in [0.5, 0.6) is 0 Å². The van der Waals surface area contributed by atoms with Gasteiger partial charge in [-0.2, -0.15) is 0 Å². The molecule has 1 atom stereocenters. The van der Waals surface area contributed by atoms with Gasteiger partial charge in [-0.1, -0.05) is 0 Å². The smallest absolute Gasteiger partial charge is 0.271 e. The minimum atomic E-state index is -0.0794. The first kappa shape index (κ1) is 13.0. The largest absolute Gasteiger partial charge is 0.347 e. The molecule has 0 spiro atoms. The third kappa shape index (κ3) is 3.21. The Morgan fingerprint density at radius 1 is 1.69 bits per heavy atom. The fourth-order valence-electron chi connectivity index (χ4n) is 1.76. The zero-order valence-electron chi connectivity index (χ0n) is 9.27. The predicted molar refractivity (Wildman–Crippen MR) is 63.8 cm³/mol. The van der Waals surface area contributed by atoms with Crippen LogP contribution in [0.15, 0.2) is 12.5 Å². The Balaban J connectivity index is 0.00000128. The Hall–Kier alpha value is -1.07. The van der Waals surface area contributed by atoms with Crippen molar-refractivity contribution in [1.82, 2.24) is 20.2 Å². The second-order valence-electron chi connectivity index (χ2n) is 3.94. The first-order chi connectivity index (χ1) is 7.25. The molecule has 1 aromatic heterocycles. The fourth-order valence-corrected chi connectivity index (χ4v) is 1.76. The first-order valence-electron chi connectivity index (χ1n) is 5.25. The summed E-state index contributed by atoms with van der Waals surface area (Å²) in [6.07, 6.45) is 5.53. The van der Waals surface area contributed by atoms with Gasteiger partial charge in [0.25, 0.3) is 5.91 Å². The van der Waals surface area contributed by atoms with E-state index in [1.165, 1.54) is 0 Å². The molecule has 2 N–H and O–H groups in total. The average Bonchev–Trinajstić information content (AvgIpc) is 2.66. The van der Waals surface area contributed by atoms with Crippen molar-refractivity contribution in [2.24, 2.45) is 7.05 Å². The highest BCUT2D eigenvalue weighted by molar-refractivity contribution is 5.92. The Labute approximate surface area is 101 Å². The van der Waals surface area contributed by atoms with Crippen molar-refractivity contribution in [3.63, 3.8) is 0 Å². The maximum atomic E-state index is 11.7. The summed E-state index contributed by atoms with van der Waals surface area (Å²) >= 11 is 0. The number of carbonyl (C=O) groups excluding carboxylic acids is 1. The van der Waals surface area contributed by atoms with E-state index >= 15 is 0 Å². The van der Waals surface area contributed by atoms with Crippen LogP contribution in [0.3, 0.4) is 0 Å². The molecule has 90 valence electrons. The number of carbonyl (C=O) groups is 1. The number of halogens is 1. The molecule has 6 heteroatoms. The second-order valence-corrected chi connectivity index (χ2v) is 3.94. The van der Waals surface area contributed by atoms with Crippen LogP contribution in [0.25, 0.3) is 0 Å². The van der Waals surface area contributed by atoms with Crippen molar-refractivity contribution in [3.8, 4) is 0 Å². The third-order valence-electron chi connectivity index (χ3n) is 2.57. The molecule has 0 aliphatic carbocycles. The van der Waals surface area contributed by atoms with Crippen molar-refractivity contribution in [3.05, 3.63) is 18.2 Å². The molecule has 1 aliphatic heterocycles. The van der Waals surface area contributed by atoms with Crippen LogP contribution >= 0.6 is 12.4 Å². The Kier molecular flexibility index (Phi) is 4.76. The van der Waals surface area contributed by atoms with Crippen molar-refractivity contribution in [2.45, 2.75) is 18.9 Å². The lowest BCUT2D eigenvalue weighted by atomic mass is 10.1. The van der Waals surface area contributed by atoms with Crippen LogP contribution in [0.2, 0.25) is 0 Å². The van der Waals surface area contributed by atoms with E-state index in [1.807, 2.05) is 7.05 Å². The molecule has 16 heavy (non-hydrogen) atoms. The summed E-state index contributed by atoms with van der Waals surface area (Å²) in [6.45, 7) is 1.91. The molecule has 1 saturated heterocycles. The van der Waals surface area contributed by atoms with Crippen LogP contribution in [0, 0.1) is 0 Å². The lowest BCUT2D eigenvalue weighted by Gasteiger charge is -2.23. The molecule has 1 aromatic rings. The van der Waals surface area contributed by atoms with Crippen molar-refractivity contribution < 1.29 is 4.79 Å². The van der Waals surface area contributed by atoms with Crippen molar-refractivity contribution >= 4 is 18.3 Å². The van der Waals surface area contributed by atoms with E-state index in [4.69, 9.17) is 0 Å². The van der Waals surface area contributed by atoms with Crippen LogP contribution in [-0.2, 0) is 7.05 Å². The van der Waals surface area contributed by atoms with Gasteiger partial charge < -0.3 is 15.2 Å². The van der Waals surface area contributed by atoms with Gasteiger partial charge in [0.1, 0.15) is 5.69 Å². The van der Waals surface area contributed by atoms with Gasteiger partial charge in [0.15, 0.2) is 0 Å². The van der Waals surface area contributed by atoms with Gasteiger partial charge in [0.05, 0.1) is 6.33 Å². The molecule has 2 rings (SSSR count). The number of hydrogen-bond acceptors (Lipinski definition) is 3. The van der Waals surface area contributed by atoms with E-state index < -0.39 is 0 Å². The number of nitrogens with one attached hydrogen (secondary N) is 2. The van der Waals surface area contributed by atoms with E-state index in [1.54, 1.807) is 17.1 Å². The highest BCUT2D eigenvalue weighted by Crippen LogP contribution is 2.02. The van der Waals surface area contributed by atoms with Gasteiger partial charge in [0.2, 0.25) is 0 Å². The van der Waals surface area contributed by atoms with Crippen LogP contribution in [-0.4, -0.2) is 34.6 Å². The molecule has 1 aliphatic rings. The monoisotopic (exact) mass is 244 g/mol. The van der Waals surface area contributed by atoms with E-state index in [9.17, 15) is 4.79 Å². The summed E-state index contributed by atoms with van der Waals surface area (Å²) in [6, 6.07) is 0.244. The molecule has 0 radical (unpaired) electrons. The van der Waals surface area contributed by atoms with Crippen LogP contribution < -0.4 is 10.6 Å². The third-order valence-corrected chi connectivity index (χ3v) is 2.57. The van der Waals surface area contributed by atoms with Gasteiger partial charge in [-0.15, -0.1) is 12.4 Å². The standard InChI is InChI=1S/C10H16N4O.ClH/c1-14-6-9(12-7-14)10(15)13-8-3-2-4-11-5-8;/h6-8,11H,2-5H2,1H3,(H,13,15);1H/t8-;/m0./s1. The van der Waals surface area contributed by atoms with E-state index in [-0.39, 0.29) is 24.4 Å². The quantitative estimate of drug-likeness (QED) is 0.788. The molecule has 2 heterocycles. The minimum Gasteiger partial charge on any atom is -0.347 e. The SMILES string of the molecule is Cl.Cn1cnc(C(=O)N[C@H]2CCCNC2)c1. The molecule has 0 unspecified atom stereocenters. The molecule has 0 saturated carbocycles. The molecule has 1 amide bonds. The molecular weight excluding hydrogens is 228 g/mol. The summed E-state index contributed by atoms with van der Waals surface area (Å²) in [5.74, 6) is -0.0794. The predicted octanol–water partition coefficient (Wildman–Crippen LogP) is 0.324. The van der Waals surface area contributed by atoms with Gasteiger partial charge in [0, 0.05) is 25.8 Å². The maximum Gasteiger partial charge on any atom is 0.271 e. The lowest BCUT2D eigenvalue weighted by molar-refractivity contribution is 0.0926. The lowest BCUT2D eigenvalue weighted by Crippen LogP contribution is -2.45. The van der Waals surface area contributed by atoms with Gasteiger partial charge in [-0.3, -0.25) is 4.79 Å². The number of piperidine rings is 1. The summed E-state index contributed by atoms with van der Waals surface area (Å²) in [7, 11) is 1.85. The van der Waals surface area contributed by atoms with Crippen LogP contribution in [0.4, 0.5) is 0 Å². The highest BCUT2D eigenvalue weighted by Gasteiger charge is 2.17. The number of amides is 1. The summed E-state index contributed by atoms with van der Waals surface area (Å²) < 4.78 is 1.77. The molecule has 0 aromatic carbocycles. The number of hydrogen-bond donors (Lipinski definition) is 2. The Morgan fingerprint density at radius 2 is 2.50 bits per heavy atom. The maximum absolute atomic E-state index is 11.7. The normalized spacial score (nSPS) is 19.9. The number of aryl methyl sites for hydroxylation is 1. The van der Waals surface area contributed by atoms with Gasteiger partial charge in [-0.05, 0) is 19.4 Å². The fraction of sp³-hybridized carbons (Fsp3) is 0.600. The van der Waals surface area contributed by atoms with Crippen molar-refractivity contribution in [2.75, 3.05) is 13.1 Å². The Bertz CT molecular complexity index is 346. The second kappa shape index (κ2) is 5.86.